The maximum atomic E-state index is 14.1. The molecule has 3 aromatic rings. The summed E-state index contributed by atoms with van der Waals surface area (Å²) >= 11 is 0. The van der Waals surface area contributed by atoms with E-state index in [0.717, 1.165) is 28.7 Å². The van der Waals surface area contributed by atoms with Crippen LogP contribution in [0.3, 0.4) is 0 Å². The molecule has 3 aromatic carbocycles. The first kappa shape index (κ1) is 28.6. The van der Waals surface area contributed by atoms with Crippen LogP contribution >= 0.6 is 0 Å². The fourth-order valence-electron chi connectivity index (χ4n) is 6.73. The third-order valence-corrected chi connectivity index (χ3v) is 8.90. The Labute approximate surface area is 252 Å². The number of amides is 4. The number of benzene rings is 3. The molecule has 0 spiro atoms. The predicted molar refractivity (Wildman–Crippen MR) is 164 cm³/mol. The summed E-state index contributed by atoms with van der Waals surface area (Å²) in [5.74, 6) is -0.945. The van der Waals surface area contributed by atoms with Gasteiger partial charge in [-0.2, -0.15) is 0 Å². The van der Waals surface area contributed by atoms with E-state index < -0.39 is 24.2 Å². The van der Waals surface area contributed by atoms with Gasteiger partial charge >= 0.3 is 0 Å². The van der Waals surface area contributed by atoms with Crippen LogP contribution in [0.15, 0.2) is 84.9 Å². The largest absolute Gasteiger partial charge is 0.351 e. The second kappa shape index (κ2) is 12.8. The number of nitrogens with one attached hydrogen (secondary N) is 2. The average Bonchev–Trinajstić information content (AvgIpc) is 3.72. The predicted octanol–water partition coefficient (Wildman–Crippen LogP) is 3.49. The Bertz CT molecular complexity index is 1460. The second-order valence-electron chi connectivity index (χ2n) is 11.9. The molecule has 8 nitrogen and oxygen atoms in total. The second-order valence-corrected chi connectivity index (χ2v) is 11.9. The maximum absolute atomic E-state index is 14.1. The summed E-state index contributed by atoms with van der Waals surface area (Å²) in [5.41, 5.74) is 4.08. The molecule has 3 aliphatic rings. The average molecular weight is 579 g/mol. The van der Waals surface area contributed by atoms with Gasteiger partial charge in [0.2, 0.25) is 23.6 Å². The number of rotatable bonds is 5. The minimum absolute atomic E-state index is 0.0292. The van der Waals surface area contributed by atoms with E-state index in [1.54, 1.807) is 9.80 Å². The Hall–Kier alpha value is -4.46. The summed E-state index contributed by atoms with van der Waals surface area (Å²) in [6.45, 7) is 0.947. The fraction of sp³-hybridized carbons (Fsp3) is 0.371. The van der Waals surface area contributed by atoms with Crippen molar-refractivity contribution in [3.8, 4) is 11.1 Å². The summed E-state index contributed by atoms with van der Waals surface area (Å²) in [6.07, 6.45) is 3.37. The van der Waals surface area contributed by atoms with Crippen LogP contribution in [0.25, 0.3) is 11.1 Å². The fourth-order valence-corrected chi connectivity index (χ4v) is 6.73. The van der Waals surface area contributed by atoms with Gasteiger partial charge in [0.15, 0.2) is 0 Å². The lowest BCUT2D eigenvalue weighted by Crippen LogP contribution is -2.56. The first-order valence-electron chi connectivity index (χ1n) is 15.4. The van der Waals surface area contributed by atoms with Gasteiger partial charge in [0.1, 0.15) is 18.1 Å². The van der Waals surface area contributed by atoms with E-state index in [1.807, 2.05) is 84.9 Å². The maximum Gasteiger partial charge on any atom is 0.246 e. The monoisotopic (exact) mass is 578 g/mol. The SMILES string of the molecule is O=C1CC(Cc2ccccc2)NC(=O)C2CCCN2C(=O)C2CCCN2C(=O)C(Cc2ccc(-c3ccccc3)cc2)N1. The van der Waals surface area contributed by atoms with Crippen molar-refractivity contribution in [3.05, 3.63) is 96.1 Å². The zero-order valence-corrected chi connectivity index (χ0v) is 24.3. The summed E-state index contributed by atoms with van der Waals surface area (Å²) < 4.78 is 0. The first-order chi connectivity index (χ1) is 21.0. The molecule has 4 atom stereocenters. The standard InChI is InChI=1S/C35H38N4O4/c40-32-23-28(21-24-9-3-1-4-10-24)36-33(41)30-13-7-19-38(30)35(43)31-14-8-20-39(31)34(42)29(37-32)22-25-15-17-27(18-16-25)26-11-5-2-6-12-26/h1-6,9-12,15-18,28-31H,7-8,13-14,19-23H2,(H,36,41)(H,37,40). The van der Waals surface area contributed by atoms with Crippen molar-refractivity contribution in [3.63, 3.8) is 0 Å². The lowest BCUT2D eigenvalue weighted by molar-refractivity contribution is -0.147. The highest BCUT2D eigenvalue weighted by molar-refractivity contribution is 5.96. The molecule has 6 rings (SSSR count). The van der Waals surface area contributed by atoms with E-state index in [9.17, 15) is 19.2 Å². The smallest absolute Gasteiger partial charge is 0.246 e. The van der Waals surface area contributed by atoms with Gasteiger partial charge in [-0.1, -0.05) is 84.9 Å². The molecule has 3 fully saturated rings. The molecular formula is C35H38N4O4. The molecule has 43 heavy (non-hydrogen) atoms. The van der Waals surface area contributed by atoms with E-state index in [4.69, 9.17) is 0 Å². The highest BCUT2D eigenvalue weighted by Gasteiger charge is 2.44. The van der Waals surface area contributed by atoms with E-state index >= 15 is 0 Å². The van der Waals surface area contributed by atoms with Gasteiger partial charge in [-0.15, -0.1) is 0 Å². The first-order valence-corrected chi connectivity index (χ1v) is 15.4. The molecule has 0 bridgehead atoms. The Kier molecular flexibility index (Phi) is 8.54. The summed E-state index contributed by atoms with van der Waals surface area (Å²) in [5, 5.41) is 6.09. The molecular weight excluding hydrogens is 540 g/mol. The van der Waals surface area contributed by atoms with Gasteiger partial charge in [0.05, 0.1) is 0 Å². The van der Waals surface area contributed by atoms with Crippen molar-refractivity contribution in [2.75, 3.05) is 13.1 Å². The van der Waals surface area contributed by atoms with Crippen molar-refractivity contribution in [2.24, 2.45) is 0 Å². The highest BCUT2D eigenvalue weighted by atomic mass is 16.2. The Morgan fingerprint density at radius 2 is 1.19 bits per heavy atom. The quantitative estimate of drug-likeness (QED) is 0.484. The molecule has 3 heterocycles. The molecule has 0 saturated carbocycles. The molecule has 3 saturated heterocycles. The van der Waals surface area contributed by atoms with Gasteiger partial charge in [-0.05, 0) is 54.4 Å². The van der Waals surface area contributed by atoms with Crippen LogP contribution in [0.1, 0.15) is 43.2 Å². The van der Waals surface area contributed by atoms with Crippen LogP contribution in [0.2, 0.25) is 0 Å². The molecule has 0 aromatic heterocycles. The summed E-state index contributed by atoms with van der Waals surface area (Å²) in [6, 6.07) is 25.3. The summed E-state index contributed by atoms with van der Waals surface area (Å²) in [4.78, 5) is 58.3. The number of fused-ring (bicyclic) bond motifs is 2. The van der Waals surface area contributed by atoms with Crippen molar-refractivity contribution in [1.82, 2.24) is 20.4 Å². The topological polar surface area (TPSA) is 98.8 Å². The number of hydrogen-bond donors (Lipinski definition) is 2. The minimum atomic E-state index is -0.827. The molecule has 4 amide bonds. The Morgan fingerprint density at radius 3 is 1.88 bits per heavy atom. The van der Waals surface area contributed by atoms with Crippen LogP contribution in [-0.2, 0) is 32.0 Å². The molecule has 0 radical (unpaired) electrons. The van der Waals surface area contributed by atoms with Gasteiger partial charge in [-0.25, -0.2) is 0 Å². The third kappa shape index (κ3) is 6.48. The van der Waals surface area contributed by atoms with Crippen molar-refractivity contribution in [1.29, 1.82) is 0 Å². The number of carbonyl (C=O) groups excluding carboxylic acids is 4. The van der Waals surface area contributed by atoms with E-state index in [1.165, 1.54) is 0 Å². The van der Waals surface area contributed by atoms with Crippen LogP contribution in [0.5, 0.6) is 0 Å². The third-order valence-electron chi connectivity index (χ3n) is 8.90. The normalized spacial score (nSPS) is 24.7. The van der Waals surface area contributed by atoms with Crippen LogP contribution < -0.4 is 10.6 Å². The van der Waals surface area contributed by atoms with Crippen LogP contribution in [-0.4, -0.2) is 70.7 Å². The zero-order valence-electron chi connectivity index (χ0n) is 24.3. The van der Waals surface area contributed by atoms with Gasteiger partial charge in [-0.3, -0.25) is 19.2 Å². The molecule has 4 unspecified atom stereocenters. The van der Waals surface area contributed by atoms with Crippen molar-refractivity contribution >= 4 is 23.6 Å². The van der Waals surface area contributed by atoms with Crippen LogP contribution in [0.4, 0.5) is 0 Å². The zero-order chi connectivity index (χ0) is 29.8. The Balaban J connectivity index is 1.29. The molecule has 0 aliphatic carbocycles. The minimum Gasteiger partial charge on any atom is -0.351 e. The summed E-state index contributed by atoms with van der Waals surface area (Å²) in [7, 11) is 0. The van der Waals surface area contributed by atoms with Crippen molar-refractivity contribution < 1.29 is 19.2 Å². The highest BCUT2D eigenvalue weighted by Crippen LogP contribution is 2.27. The lowest BCUT2D eigenvalue weighted by Gasteiger charge is -2.32. The lowest BCUT2D eigenvalue weighted by atomic mass is 9.99. The molecule has 3 aliphatic heterocycles. The van der Waals surface area contributed by atoms with E-state index in [-0.39, 0.29) is 30.0 Å². The van der Waals surface area contributed by atoms with E-state index in [2.05, 4.69) is 10.6 Å². The van der Waals surface area contributed by atoms with E-state index in [0.29, 0.717) is 45.2 Å². The Morgan fingerprint density at radius 1 is 0.605 bits per heavy atom. The molecule has 222 valence electrons. The van der Waals surface area contributed by atoms with Gasteiger partial charge in [0.25, 0.3) is 0 Å². The number of nitrogens with zero attached hydrogens (tertiary/aromatic N) is 2. The molecule has 8 heteroatoms. The van der Waals surface area contributed by atoms with Gasteiger partial charge < -0.3 is 20.4 Å². The van der Waals surface area contributed by atoms with Crippen molar-refractivity contribution in [2.45, 2.75) is 69.1 Å². The van der Waals surface area contributed by atoms with Gasteiger partial charge in [0, 0.05) is 32.0 Å². The number of carbonyl (C=O) groups is 4. The molecule has 2 N–H and O–H groups in total. The number of hydrogen-bond acceptors (Lipinski definition) is 4. The van der Waals surface area contributed by atoms with Crippen LogP contribution in [0, 0.1) is 0 Å².